The second kappa shape index (κ2) is 5.99. The van der Waals surface area contributed by atoms with Gasteiger partial charge in [-0.1, -0.05) is 12.1 Å². The summed E-state index contributed by atoms with van der Waals surface area (Å²) >= 11 is 0. The molecule has 0 aliphatic carbocycles. The molecule has 0 radical (unpaired) electrons. The van der Waals surface area contributed by atoms with Gasteiger partial charge >= 0.3 is 0 Å². The zero-order valence-electron chi connectivity index (χ0n) is 11.5. The number of hydrogen-bond donors (Lipinski definition) is 2. The molecule has 1 saturated heterocycles. The lowest BCUT2D eigenvalue weighted by Gasteiger charge is -2.36. The summed E-state index contributed by atoms with van der Waals surface area (Å²) in [5.41, 5.74) is 0.499. The van der Waals surface area contributed by atoms with Gasteiger partial charge < -0.3 is 15.2 Å². The molecule has 1 aromatic rings. The summed E-state index contributed by atoms with van der Waals surface area (Å²) in [4.78, 5) is 0. The van der Waals surface area contributed by atoms with Gasteiger partial charge in [-0.25, -0.2) is 4.39 Å². The van der Waals surface area contributed by atoms with Crippen molar-refractivity contribution in [3.63, 3.8) is 0 Å². The molecule has 2 rings (SSSR count). The molecule has 19 heavy (non-hydrogen) atoms. The van der Waals surface area contributed by atoms with E-state index in [-0.39, 0.29) is 11.4 Å². The van der Waals surface area contributed by atoms with Crippen LogP contribution in [0.25, 0.3) is 0 Å². The highest BCUT2D eigenvalue weighted by molar-refractivity contribution is 5.19. The van der Waals surface area contributed by atoms with Crippen molar-refractivity contribution in [1.29, 1.82) is 0 Å². The van der Waals surface area contributed by atoms with Crippen molar-refractivity contribution in [2.24, 2.45) is 0 Å². The molecule has 0 bridgehead atoms. The van der Waals surface area contributed by atoms with Crippen LogP contribution >= 0.6 is 0 Å². The van der Waals surface area contributed by atoms with E-state index in [4.69, 9.17) is 4.74 Å². The highest BCUT2D eigenvalue weighted by Gasteiger charge is 2.28. The molecule has 0 amide bonds. The van der Waals surface area contributed by atoms with Crippen LogP contribution in [0.4, 0.5) is 4.39 Å². The maximum Gasteiger partial charge on any atom is 0.123 e. The number of ether oxygens (including phenoxy) is 1. The van der Waals surface area contributed by atoms with Crippen LogP contribution in [0.5, 0.6) is 0 Å². The number of halogens is 1. The maximum atomic E-state index is 13.1. The van der Waals surface area contributed by atoms with Gasteiger partial charge in [0.05, 0.1) is 11.7 Å². The fourth-order valence-electron chi connectivity index (χ4n) is 2.52. The van der Waals surface area contributed by atoms with Gasteiger partial charge in [0.1, 0.15) is 5.82 Å². The molecule has 4 heteroatoms. The molecule has 2 atom stereocenters. The first-order valence-electron chi connectivity index (χ1n) is 6.77. The van der Waals surface area contributed by atoms with Crippen molar-refractivity contribution >= 4 is 0 Å². The Kier molecular flexibility index (Phi) is 4.55. The average Bonchev–Trinajstić information content (AvgIpc) is 2.35. The van der Waals surface area contributed by atoms with E-state index in [9.17, 15) is 9.50 Å². The van der Waals surface area contributed by atoms with Crippen molar-refractivity contribution < 1.29 is 14.2 Å². The highest BCUT2D eigenvalue weighted by Crippen LogP contribution is 2.24. The molecule has 106 valence electrons. The van der Waals surface area contributed by atoms with Crippen LogP contribution in [0.1, 0.15) is 38.4 Å². The third kappa shape index (κ3) is 4.27. The smallest absolute Gasteiger partial charge is 0.123 e. The van der Waals surface area contributed by atoms with Crippen molar-refractivity contribution in [3.8, 4) is 0 Å². The van der Waals surface area contributed by atoms with E-state index < -0.39 is 6.10 Å². The molecule has 1 aliphatic rings. The first-order chi connectivity index (χ1) is 8.96. The summed E-state index contributed by atoms with van der Waals surface area (Å²) in [7, 11) is 0. The molecule has 1 aliphatic heterocycles. The van der Waals surface area contributed by atoms with E-state index in [1.54, 1.807) is 12.1 Å². The predicted molar refractivity (Wildman–Crippen MR) is 72.4 cm³/mol. The van der Waals surface area contributed by atoms with E-state index in [1.807, 2.05) is 0 Å². The van der Waals surface area contributed by atoms with Crippen molar-refractivity contribution in [3.05, 3.63) is 35.6 Å². The summed E-state index contributed by atoms with van der Waals surface area (Å²) in [5.74, 6) is -0.316. The molecule has 0 saturated carbocycles. The van der Waals surface area contributed by atoms with Gasteiger partial charge in [-0.2, -0.15) is 0 Å². The fraction of sp³-hybridized carbons (Fsp3) is 0.600. The molecule has 0 aromatic heterocycles. The molecule has 3 nitrogen and oxygen atoms in total. The Morgan fingerprint density at radius 1 is 1.53 bits per heavy atom. The molecule has 1 fully saturated rings. The number of benzene rings is 1. The van der Waals surface area contributed by atoms with Gasteiger partial charge in [-0.05, 0) is 44.4 Å². The number of hydrogen-bond acceptors (Lipinski definition) is 3. The van der Waals surface area contributed by atoms with Crippen LogP contribution in [0.15, 0.2) is 24.3 Å². The Hall–Kier alpha value is -0.970. The fourth-order valence-corrected chi connectivity index (χ4v) is 2.52. The maximum absolute atomic E-state index is 13.1. The van der Waals surface area contributed by atoms with Crippen LogP contribution in [0, 0.1) is 5.82 Å². The first kappa shape index (κ1) is 14.4. The SMILES string of the molecule is CC1(C)CC(NCC(O)c2cccc(F)c2)CCO1. The number of aliphatic hydroxyl groups excluding tert-OH is 1. The van der Waals surface area contributed by atoms with Gasteiger partial charge in [0, 0.05) is 19.2 Å². The molecule has 2 N–H and O–H groups in total. The lowest BCUT2D eigenvalue weighted by atomic mass is 9.94. The van der Waals surface area contributed by atoms with Crippen LogP contribution < -0.4 is 5.32 Å². The summed E-state index contributed by atoms with van der Waals surface area (Å²) < 4.78 is 18.7. The summed E-state index contributed by atoms with van der Waals surface area (Å²) in [6, 6.07) is 6.45. The molecule has 0 spiro atoms. The van der Waals surface area contributed by atoms with E-state index >= 15 is 0 Å². The zero-order valence-corrected chi connectivity index (χ0v) is 11.5. The van der Waals surface area contributed by atoms with E-state index in [0.717, 1.165) is 19.4 Å². The summed E-state index contributed by atoms with van der Waals surface area (Å²) in [5, 5.41) is 13.4. The average molecular weight is 267 g/mol. The van der Waals surface area contributed by atoms with E-state index in [1.165, 1.54) is 12.1 Å². The standard InChI is InChI=1S/C15H22FNO2/c1-15(2)9-13(6-7-19-15)17-10-14(18)11-4-3-5-12(16)8-11/h3-5,8,13-14,17-18H,6-7,9-10H2,1-2H3. The van der Waals surface area contributed by atoms with Gasteiger partial charge in [0.25, 0.3) is 0 Å². The monoisotopic (exact) mass is 267 g/mol. The van der Waals surface area contributed by atoms with Crippen molar-refractivity contribution in [1.82, 2.24) is 5.32 Å². The van der Waals surface area contributed by atoms with Crippen LogP contribution in [0.3, 0.4) is 0 Å². The zero-order chi connectivity index (χ0) is 13.9. The second-order valence-electron chi connectivity index (χ2n) is 5.78. The van der Waals surface area contributed by atoms with Crippen molar-refractivity contribution in [2.75, 3.05) is 13.2 Å². The summed E-state index contributed by atoms with van der Waals surface area (Å²) in [6.45, 7) is 5.32. The van der Waals surface area contributed by atoms with Gasteiger partial charge in [0.2, 0.25) is 0 Å². The lowest BCUT2D eigenvalue weighted by Crippen LogP contribution is -2.44. The van der Waals surface area contributed by atoms with Gasteiger partial charge in [0.15, 0.2) is 0 Å². The molecular formula is C15H22FNO2. The third-order valence-corrected chi connectivity index (χ3v) is 3.53. The second-order valence-corrected chi connectivity index (χ2v) is 5.78. The normalized spacial score (nSPS) is 24.1. The largest absolute Gasteiger partial charge is 0.387 e. The molecular weight excluding hydrogens is 245 g/mol. The highest BCUT2D eigenvalue weighted by atomic mass is 19.1. The Morgan fingerprint density at radius 3 is 3.00 bits per heavy atom. The Labute approximate surface area is 113 Å². The minimum Gasteiger partial charge on any atom is -0.387 e. The first-order valence-corrected chi connectivity index (χ1v) is 6.77. The number of rotatable bonds is 4. The topological polar surface area (TPSA) is 41.5 Å². The van der Waals surface area contributed by atoms with Crippen LogP contribution in [-0.4, -0.2) is 29.9 Å². The van der Waals surface area contributed by atoms with Crippen LogP contribution in [0.2, 0.25) is 0 Å². The summed E-state index contributed by atoms with van der Waals surface area (Å²) in [6.07, 6.45) is 1.18. The molecule has 2 unspecified atom stereocenters. The predicted octanol–water partition coefficient (Wildman–Crippen LogP) is 2.41. The minimum atomic E-state index is -0.679. The Balaban J connectivity index is 1.85. The number of aliphatic hydroxyl groups is 1. The van der Waals surface area contributed by atoms with E-state index in [0.29, 0.717) is 18.2 Å². The molecule has 1 heterocycles. The minimum absolute atomic E-state index is 0.111. The van der Waals surface area contributed by atoms with Crippen LogP contribution in [-0.2, 0) is 4.74 Å². The van der Waals surface area contributed by atoms with Crippen molar-refractivity contribution in [2.45, 2.75) is 44.4 Å². The Bertz CT molecular complexity index is 422. The van der Waals surface area contributed by atoms with E-state index in [2.05, 4.69) is 19.2 Å². The quantitative estimate of drug-likeness (QED) is 0.880. The molecule has 1 aromatic carbocycles. The number of nitrogens with one attached hydrogen (secondary N) is 1. The van der Waals surface area contributed by atoms with Gasteiger partial charge in [-0.3, -0.25) is 0 Å². The third-order valence-electron chi connectivity index (χ3n) is 3.53. The van der Waals surface area contributed by atoms with Gasteiger partial charge in [-0.15, -0.1) is 0 Å². The lowest BCUT2D eigenvalue weighted by molar-refractivity contribution is -0.0638. The Morgan fingerprint density at radius 2 is 2.32 bits per heavy atom.